The van der Waals surface area contributed by atoms with E-state index < -0.39 is 29.5 Å². The second kappa shape index (κ2) is 11.5. The van der Waals surface area contributed by atoms with Crippen molar-refractivity contribution in [3.05, 3.63) is 88.7 Å². The van der Waals surface area contributed by atoms with Crippen LogP contribution in [0.15, 0.2) is 72.0 Å². The summed E-state index contributed by atoms with van der Waals surface area (Å²) in [5.41, 5.74) is 2.80. The van der Waals surface area contributed by atoms with Gasteiger partial charge in [0.05, 0.1) is 11.6 Å². The molecule has 34 heavy (non-hydrogen) atoms. The number of amides is 1. The van der Waals surface area contributed by atoms with Crippen LogP contribution in [0, 0.1) is 0 Å². The standard InChI is InChI=1S/C28H31NO5/c1-19(2)21-13-15-22(16-14-21)26-25(23(30)17-12-20-9-5-3-6-10-20)27(33)28(34)29(26)18-8-4-7-11-24(31)32/h3,5-6,9-10,12-17,19,26,33H,4,7-8,11,18H2,1-2H3,(H,31,32). The number of unbranched alkanes of at least 4 members (excludes halogenated alkanes) is 2. The highest BCUT2D eigenvalue weighted by atomic mass is 16.4. The minimum Gasteiger partial charge on any atom is -0.503 e. The molecule has 0 aliphatic carbocycles. The average Bonchev–Trinajstić information content (AvgIpc) is 3.08. The van der Waals surface area contributed by atoms with E-state index in [9.17, 15) is 19.5 Å². The molecule has 178 valence electrons. The van der Waals surface area contributed by atoms with E-state index in [0.29, 0.717) is 31.7 Å². The first-order valence-corrected chi connectivity index (χ1v) is 11.6. The van der Waals surface area contributed by atoms with Crippen molar-refractivity contribution in [2.24, 2.45) is 0 Å². The number of aliphatic hydroxyl groups is 1. The van der Waals surface area contributed by atoms with E-state index in [2.05, 4.69) is 13.8 Å². The minimum absolute atomic E-state index is 0.0695. The minimum atomic E-state index is -0.849. The third-order valence-electron chi connectivity index (χ3n) is 6.00. The van der Waals surface area contributed by atoms with Crippen molar-refractivity contribution in [3.8, 4) is 0 Å². The number of benzene rings is 2. The van der Waals surface area contributed by atoms with Crippen molar-refractivity contribution in [1.82, 2.24) is 4.90 Å². The quantitative estimate of drug-likeness (QED) is 0.344. The molecule has 0 fully saturated rings. The predicted octanol–water partition coefficient (Wildman–Crippen LogP) is 5.43. The molecule has 0 radical (unpaired) electrons. The molecule has 1 amide bonds. The maximum Gasteiger partial charge on any atom is 0.303 e. The van der Waals surface area contributed by atoms with Crippen LogP contribution in [0.3, 0.4) is 0 Å². The second-order valence-corrected chi connectivity index (χ2v) is 8.80. The Hall–Kier alpha value is -3.67. The number of carbonyl (C=O) groups is 3. The molecular weight excluding hydrogens is 430 g/mol. The highest BCUT2D eigenvalue weighted by molar-refractivity contribution is 6.14. The van der Waals surface area contributed by atoms with E-state index in [4.69, 9.17) is 5.11 Å². The topological polar surface area (TPSA) is 94.9 Å². The maximum absolute atomic E-state index is 13.2. The molecular formula is C28H31NO5. The lowest BCUT2D eigenvalue weighted by molar-refractivity contribution is -0.137. The van der Waals surface area contributed by atoms with Gasteiger partial charge in [-0.1, -0.05) is 80.9 Å². The van der Waals surface area contributed by atoms with E-state index in [1.807, 2.05) is 54.6 Å². The lowest BCUT2D eigenvalue weighted by Crippen LogP contribution is -2.32. The lowest BCUT2D eigenvalue weighted by Gasteiger charge is -2.27. The Labute approximate surface area is 200 Å². The van der Waals surface area contributed by atoms with Crippen LogP contribution >= 0.6 is 0 Å². The lowest BCUT2D eigenvalue weighted by atomic mass is 9.93. The van der Waals surface area contributed by atoms with Crippen molar-refractivity contribution in [1.29, 1.82) is 0 Å². The van der Waals surface area contributed by atoms with Gasteiger partial charge in [-0.05, 0) is 41.5 Å². The number of allylic oxidation sites excluding steroid dienone is 1. The Balaban J connectivity index is 1.88. The van der Waals surface area contributed by atoms with Gasteiger partial charge in [0.2, 0.25) is 0 Å². The van der Waals surface area contributed by atoms with Gasteiger partial charge in [0.25, 0.3) is 5.91 Å². The monoisotopic (exact) mass is 461 g/mol. The van der Waals surface area contributed by atoms with Gasteiger partial charge in [0.1, 0.15) is 0 Å². The van der Waals surface area contributed by atoms with Gasteiger partial charge in [-0.2, -0.15) is 0 Å². The fourth-order valence-corrected chi connectivity index (χ4v) is 4.11. The van der Waals surface area contributed by atoms with Crippen LogP contribution in [0.2, 0.25) is 0 Å². The van der Waals surface area contributed by atoms with Crippen LogP contribution in [0.1, 0.15) is 68.2 Å². The number of carbonyl (C=O) groups excluding carboxylic acids is 2. The molecule has 1 heterocycles. The first kappa shape index (κ1) is 25.0. The number of aliphatic carboxylic acids is 1. The van der Waals surface area contributed by atoms with Gasteiger partial charge in [-0.15, -0.1) is 0 Å². The summed E-state index contributed by atoms with van der Waals surface area (Å²) < 4.78 is 0. The van der Waals surface area contributed by atoms with Gasteiger partial charge < -0.3 is 15.1 Å². The zero-order valence-electron chi connectivity index (χ0n) is 19.6. The smallest absolute Gasteiger partial charge is 0.303 e. The summed E-state index contributed by atoms with van der Waals surface area (Å²) in [5.74, 6) is -2.03. The Kier molecular flexibility index (Phi) is 8.41. The number of carboxylic acid groups (broad SMARTS) is 1. The molecule has 6 nitrogen and oxygen atoms in total. The highest BCUT2D eigenvalue weighted by Gasteiger charge is 2.42. The number of nitrogens with zero attached hydrogens (tertiary/aromatic N) is 1. The molecule has 0 aromatic heterocycles. The van der Waals surface area contributed by atoms with E-state index in [-0.39, 0.29) is 12.0 Å². The van der Waals surface area contributed by atoms with E-state index in [0.717, 1.165) is 16.7 Å². The van der Waals surface area contributed by atoms with Gasteiger partial charge in [0.15, 0.2) is 11.5 Å². The van der Waals surface area contributed by atoms with Gasteiger partial charge in [-0.3, -0.25) is 14.4 Å². The van der Waals surface area contributed by atoms with Crippen LogP contribution in [0.4, 0.5) is 0 Å². The number of hydrogen-bond acceptors (Lipinski definition) is 4. The SMILES string of the molecule is CC(C)c1ccc(C2C(C(=O)C=Cc3ccccc3)=C(O)C(=O)N2CCCCCC(=O)O)cc1. The number of aliphatic hydroxyl groups excluding tert-OH is 1. The zero-order chi connectivity index (χ0) is 24.7. The summed E-state index contributed by atoms with van der Waals surface area (Å²) >= 11 is 0. The summed E-state index contributed by atoms with van der Waals surface area (Å²) in [6.45, 7) is 4.50. The molecule has 2 aromatic rings. The fraction of sp³-hybridized carbons (Fsp3) is 0.321. The molecule has 1 aliphatic heterocycles. The summed E-state index contributed by atoms with van der Waals surface area (Å²) in [6, 6.07) is 16.4. The summed E-state index contributed by atoms with van der Waals surface area (Å²) in [6.07, 6.45) is 4.85. The van der Waals surface area contributed by atoms with Crippen molar-refractivity contribution in [2.45, 2.75) is 51.5 Å². The molecule has 1 aliphatic rings. The van der Waals surface area contributed by atoms with Crippen molar-refractivity contribution in [3.63, 3.8) is 0 Å². The van der Waals surface area contributed by atoms with E-state index >= 15 is 0 Å². The van der Waals surface area contributed by atoms with Crippen LogP contribution in [-0.4, -0.2) is 39.3 Å². The van der Waals surface area contributed by atoms with Crippen molar-refractivity contribution < 1.29 is 24.6 Å². The maximum atomic E-state index is 13.2. The third kappa shape index (κ3) is 6.01. The molecule has 0 saturated heterocycles. The van der Waals surface area contributed by atoms with E-state index in [1.54, 1.807) is 6.08 Å². The summed E-state index contributed by atoms with van der Waals surface area (Å²) in [4.78, 5) is 38.4. The van der Waals surface area contributed by atoms with Crippen LogP contribution in [0.5, 0.6) is 0 Å². The number of rotatable bonds is 11. The molecule has 2 aromatic carbocycles. The average molecular weight is 462 g/mol. The molecule has 2 N–H and O–H groups in total. The zero-order valence-corrected chi connectivity index (χ0v) is 19.6. The molecule has 0 spiro atoms. The number of carboxylic acids is 1. The van der Waals surface area contributed by atoms with Crippen molar-refractivity contribution >= 4 is 23.7 Å². The number of ketones is 1. The Morgan fingerprint density at radius 2 is 1.68 bits per heavy atom. The largest absolute Gasteiger partial charge is 0.503 e. The number of hydrogen-bond donors (Lipinski definition) is 2. The van der Waals surface area contributed by atoms with Gasteiger partial charge >= 0.3 is 5.97 Å². The third-order valence-corrected chi connectivity index (χ3v) is 6.00. The van der Waals surface area contributed by atoms with Crippen molar-refractivity contribution in [2.75, 3.05) is 6.54 Å². The predicted molar refractivity (Wildman–Crippen MR) is 131 cm³/mol. The molecule has 1 unspecified atom stereocenters. The molecule has 0 saturated carbocycles. The van der Waals surface area contributed by atoms with E-state index in [1.165, 1.54) is 11.0 Å². The summed E-state index contributed by atoms with van der Waals surface area (Å²) in [7, 11) is 0. The first-order chi connectivity index (χ1) is 16.3. The summed E-state index contributed by atoms with van der Waals surface area (Å²) in [5, 5.41) is 19.5. The molecule has 6 heteroatoms. The highest BCUT2D eigenvalue weighted by Crippen LogP contribution is 2.38. The Morgan fingerprint density at radius 1 is 1.00 bits per heavy atom. The van der Waals surface area contributed by atoms with Crippen LogP contribution in [-0.2, 0) is 14.4 Å². The molecule has 1 atom stereocenters. The van der Waals surface area contributed by atoms with Crippen LogP contribution in [0.25, 0.3) is 6.08 Å². The second-order valence-electron chi connectivity index (χ2n) is 8.80. The van der Waals surface area contributed by atoms with Gasteiger partial charge in [-0.25, -0.2) is 0 Å². The molecule has 3 rings (SSSR count). The van der Waals surface area contributed by atoms with Crippen LogP contribution < -0.4 is 0 Å². The van der Waals surface area contributed by atoms with Gasteiger partial charge in [0, 0.05) is 13.0 Å². The normalized spacial score (nSPS) is 16.1. The first-order valence-electron chi connectivity index (χ1n) is 11.6. The Morgan fingerprint density at radius 3 is 2.29 bits per heavy atom. The molecule has 0 bridgehead atoms. The fourth-order valence-electron chi connectivity index (χ4n) is 4.11. The Bertz CT molecular complexity index is 1080.